The number of rotatable bonds is 6. The number of benzene rings is 3. The first kappa shape index (κ1) is 20.8. The van der Waals surface area contributed by atoms with E-state index in [4.69, 9.17) is 18.9 Å². The number of hydrogen-bond donors (Lipinski definition) is 0. The molecule has 4 aromatic rings. The maximum absolute atomic E-state index is 5.86. The molecule has 4 rings (SSSR count). The van der Waals surface area contributed by atoms with Crippen molar-refractivity contribution in [2.45, 2.75) is 19.9 Å². The largest absolute Gasteiger partial charge is 0.496 e. The second kappa shape index (κ2) is 8.34. The maximum atomic E-state index is 5.86. The monoisotopic (exact) mass is 418 g/mol. The van der Waals surface area contributed by atoms with Gasteiger partial charge in [-0.25, -0.2) is 0 Å². The van der Waals surface area contributed by atoms with Gasteiger partial charge in [0.25, 0.3) is 0 Å². The van der Waals surface area contributed by atoms with Gasteiger partial charge in [-0.15, -0.1) is 0 Å². The number of nitrogens with zero attached hydrogens (tertiary/aromatic N) is 1. The molecule has 160 valence electrons. The summed E-state index contributed by atoms with van der Waals surface area (Å²) in [5.74, 6) is 3.01. The van der Waals surface area contributed by atoms with Crippen LogP contribution >= 0.6 is 0 Å². The molecule has 0 fully saturated rings. The van der Waals surface area contributed by atoms with Gasteiger partial charge in [0.2, 0.25) is 11.0 Å². The highest BCUT2D eigenvalue weighted by Gasteiger charge is 2.30. The Morgan fingerprint density at radius 3 is 1.32 bits per heavy atom. The van der Waals surface area contributed by atoms with Gasteiger partial charge in [0.1, 0.15) is 23.0 Å². The molecule has 0 spiro atoms. The number of aromatic nitrogens is 1. The molecule has 0 bridgehead atoms. The fraction of sp³-hybridized carbons (Fsp3) is 0.269. The summed E-state index contributed by atoms with van der Waals surface area (Å²) in [5.41, 5.74) is 3.97. The quantitative estimate of drug-likeness (QED) is 0.304. The number of ether oxygens (including phenoxy) is 4. The zero-order chi connectivity index (χ0) is 22.1. The predicted octanol–water partition coefficient (Wildman–Crippen LogP) is 5.56. The van der Waals surface area contributed by atoms with Crippen molar-refractivity contribution in [2.24, 2.45) is 0 Å². The molecule has 3 aromatic carbocycles. The Balaban J connectivity index is 2.40. The molecule has 0 aliphatic heterocycles. The highest BCUT2D eigenvalue weighted by atomic mass is 16.5. The van der Waals surface area contributed by atoms with Crippen LogP contribution in [0.1, 0.15) is 19.9 Å². The third-order valence-corrected chi connectivity index (χ3v) is 5.66. The topological polar surface area (TPSA) is 40.8 Å². The molecule has 0 unspecified atom stereocenters. The Labute approximate surface area is 182 Å². The van der Waals surface area contributed by atoms with Gasteiger partial charge in [0.05, 0.1) is 44.8 Å². The van der Waals surface area contributed by atoms with Crippen LogP contribution < -0.4 is 23.5 Å². The third kappa shape index (κ3) is 3.21. The van der Waals surface area contributed by atoms with Gasteiger partial charge in [-0.3, -0.25) is 0 Å². The fourth-order valence-electron chi connectivity index (χ4n) is 4.44. The van der Waals surface area contributed by atoms with Crippen LogP contribution in [0.4, 0.5) is 0 Å². The van der Waals surface area contributed by atoms with Crippen LogP contribution in [0, 0.1) is 0 Å². The zero-order valence-corrected chi connectivity index (χ0v) is 18.9. The molecule has 1 aromatic heterocycles. The van der Waals surface area contributed by atoms with Crippen LogP contribution in [-0.4, -0.2) is 28.4 Å². The zero-order valence-electron chi connectivity index (χ0n) is 18.9. The van der Waals surface area contributed by atoms with E-state index in [9.17, 15) is 0 Å². The van der Waals surface area contributed by atoms with E-state index in [1.165, 1.54) is 0 Å². The highest BCUT2D eigenvalue weighted by Crippen LogP contribution is 2.48. The number of hydrogen-bond acceptors (Lipinski definition) is 4. The minimum Gasteiger partial charge on any atom is -0.496 e. The van der Waals surface area contributed by atoms with Crippen molar-refractivity contribution in [1.82, 2.24) is 0 Å². The van der Waals surface area contributed by atoms with Crippen molar-refractivity contribution in [2.75, 3.05) is 28.4 Å². The van der Waals surface area contributed by atoms with Gasteiger partial charge in [0.15, 0.2) is 6.04 Å². The van der Waals surface area contributed by atoms with Crippen molar-refractivity contribution < 1.29 is 23.5 Å². The summed E-state index contributed by atoms with van der Waals surface area (Å²) in [5, 5.41) is 1.97. The molecule has 0 amide bonds. The molecule has 0 atom stereocenters. The smallest absolute Gasteiger partial charge is 0.217 e. The number of fused-ring (bicyclic) bond motifs is 2. The molecule has 1 heterocycles. The summed E-state index contributed by atoms with van der Waals surface area (Å²) in [6.07, 6.45) is 0. The van der Waals surface area contributed by atoms with E-state index >= 15 is 0 Å². The Kier molecular flexibility index (Phi) is 5.59. The van der Waals surface area contributed by atoms with Crippen molar-refractivity contribution >= 4 is 21.8 Å². The summed E-state index contributed by atoms with van der Waals surface area (Å²) >= 11 is 0. The van der Waals surface area contributed by atoms with E-state index in [1.54, 1.807) is 28.4 Å². The second-order valence-electron chi connectivity index (χ2n) is 7.59. The first-order chi connectivity index (χ1) is 15.1. The molecule has 0 saturated carbocycles. The van der Waals surface area contributed by atoms with Crippen molar-refractivity contribution in [3.63, 3.8) is 0 Å². The minimum atomic E-state index is 0.220. The summed E-state index contributed by atoms with van der Waals surface area (Å²) in [7, 11) is 6.75. The molecule has 5 nitrogen and oxygen atoms in total. The number of methoxy groups -OCH3 is 4. The summed E-state index contributed by atoms with van der Waals surface area (Å²) in [6, 6.07) is 18.3. The molecule has 0 saturated heterocycles. The van der Waals surface area contributed by atoms with E-state index in [1.807, 2.05) is 42.5 Å². The molecule has 31 heavy (non-hydrogen) atoms. The van der Waals surface area contributed by atoms with E-state index < -0.39 is 0 Å². The Bertz CT molecular complexity index is 1180. The fourth-order valence-corrected chi connectivity index (χ4v) is 4.44. The second-order valence-corrected chi connectivity index (χ2v) is 7.59. The van der Waals surface area contributed by atoms with Crippen molar-refractivity contribution in [1.29, 1.82) is 0 Å². The van der Waals surface area contributed by atoms with Crippen molar-refractivity contribution in [3.8, 4) is 34.1 Å². The van der Waals surface area contributed by atoms with Gasteiger partial charge in [-0.05, 0) is 38.1 Å². The summed E-state index contributed by atoms with van der Waals surface area (Å²) in [6.45, 7) is 4.36. The van der Waals surface area contributed by atoms with E-state index in [0.717, 1.165) is 55.9 Å². The predicted molar refractivity (Wildman–Crippen MR) is 124 cm³/mol. The summed E-state index contributed by atoms with van der Waals surface area (Å²) in [4.78, 5) is 0. The lowest BCUT2D eigenvalue weighted by atomic mass is 9.92. The van der Waals surface area contributed by atoms with Crippen LogP contribution in [-0.2, 0) is 0 Å². The van der Waals surface area contributed by atoms with Gasteiger partial charge in [-0.1, -0.05) is 18.2 Å². The average Bonchev–Trinajstić information content (AvgIpc) is 2.80. The first-order valence-corrected chi connectivity index (χ1v) is 10.3. The van der Waals surface area contributed by atoms with Gasteiger partial charge < -0.3 is 18.9 Å². The Morgan fingerprint density at radius 1 is 0.548 bits per heavy atom. The van der Waals surface area contributed by atoms with Gasteiger partial charge in [0, 0.05) is 17.7 Å². The molecular weight excluding hydrogens is 390 g/mol. The van der Waals surface area contributed by atoms with E-state index in [0.29, 0.717) is 0 Å². The third-order valence-electron chi connectivity index (χ3n) is 5.66. The lowest BCUT2D eigenvalue weighted by molar-refractivity contribution is -0.666. The van der Waals surface area contributed by atoms with E-state index in [-0.39, 0.29) is 6.04 Å². The van der Waals surface area contributed by atoms with Crippen LogP contribution in [0.3, 0.4) is 0 Å². The molecular formula is C26H28NO4+. The minimum absolute atomic E-state index is 0.220. The molecule has 0 radical (unpaired) electrons. The highest BCUT2D eigenvalue weighted by molar-refractivity contribution is 6.13. The van der Waals surface area contributed by atoms with Crippen LogP contribution in [0.15, 0.2) is 54.6 Å². The van der Waals surface area contributed by atoms with Crippen LogP contribution in [0.25, 0.3) is 32.9 Å². The normalized spacial score (nSPS) is 11.2. The number of pyridine rings is 1. The molecule has 0 aliphatic rings. The Morgan fingerprint density at radius 2 is 0.935 bits per heavy atom. The SMILES string of the molecule is COc1cccc(OC)c1-c1c2c(OC)cccc2[n+](C(C)C)c2cccc(OC)c12. The standard InChI is InChI=1S/C26H28NO4/c1-16(2)27-17-10-7-12-19(28-3)23(17)26(24-18(27)11-8-13-20(24)29-4)25-21(30-5)14-9-15-22(25)31-6/h7-16H,1-6H3/q+1. The molecule has 0 aliphatic carbocycles. The maximum Gasteiger partial charge on any atom is 0.217 e. The summed E-state index contributed by atoms with van der Waals surface area (Å²) < 4.78 is 25.6. The molecule has 0 N–H and O–H groups in total. The van der Waals surface area contributed by atoms with Crippen molar-refractivity contribution in [3.05, 3.63) is 54.6 Å². The Hall–Kier alpha value is -3.47. The molecule has 5 heteroatoms. The first-order valence-electron chi connectivity index (χ1n) is 10.3. The van der Waals surface area contributed by atoms with E-state index in [2.05, 4.69) is 30.5 Å². The average molecular weight is 419 g/mol. The lowest BCUT2D eigenvalue weighted by Crippen LogP contribution is -2.38. The lowest BCUT2D eigenvalue weighted by Gasteiger charge is -2.20. The van der Waals surface area contributed by atoms with Crippen LogP contribution in [0.2, 0.25) is 0 Å². The van der Waals surface area contributed by atoms with Gasteiger partial charge in [-0.2, -0.15) is 4.57 Å². The van der Waals surface area contributed by atoms with Gasteiger partial charge >= 0.3 is 0 Å². The van der Waals surface area contributed by atoms with Crippen LogP contribution in [0.5, 0.6) is 23.0 Å².